The van der Waals surface area contributed by atoms with E-state index in [1.54, 1.807) is 12.1 Å². The number of aromatic hydroxyl groups is 1. The fraction of sp³-hybridized carbons (Fsp3) is 0.222. The Balaban J connectivity index is 0.00000144. The third-order valence-electron chi connectivity index (χ3n) is 1.80. The molecule has 2 N–H and O–H groups in total. The fourth-order valence-corrected chi connectivity index (χ4v) is 0.956. The Morgan fingerprint density at radius 3 is 2.38 bits per heavy atom. The van der Waals surface area contributed by atoms with E-state index in [-0.39, 0.29) is 38.5 Å². The normalized spacial score (nSPS) is 8.77. The molecule has 13 heavy (non-hydrogen) atoms. The van der Waals surface area contributed by atoms with Gasteiger partial charge < -0.3 is 15.2 Å². The number of aryl methyl sites for hydroxylation is 2. The van der Waals surface area contributed by atoms with Crippen molar-refractivity contribution in [1.82, 2.24) is 0 Å². The second kappa shape index (κ2) is 5.35. The molecular weight excluding hydrogens is 243 g/mol. The van der Waals surface area contributed by atoms with Gasteiger partial charge in [-0.3, -0.25) is 0 Å². The van der Waals surface area contributed by atoms with Gasteiger partial charge in [-0.25, -0.2) is 0 Å². The van der Waals surface area contributed by atoms with Gasteiger partial charge in [0, 0.05) is 0 Å². The van der Waals surface area contributed by atoms with Crippen LogP contribution in [0.2, 0.25) is 0 Å². The predicted octanol–water partition coefficient (Wildman–Crippen LogP) is 1.49. The fourth-order valence-electron chi connectivity index (χ4n) is 0.956. The summed E-state index contributed by atoms with van der Waals surface area (Å²) in [5, 5.41) is 11.6. The summed E-state index contributed by atoms with van der Waals surface area (Å²) >= 11 is 0. The molecule has 4 heteroatoms. The predicted molar refractivity (Wildman–Crippen MR) is 46.9 cm³/mol. The van der Waals surface area contributed by atoms with Crippen molar-refractivity contribution in [1.29, 1.82) is 0 Å². The van der Waals surface area contributed by atoms with Crippen LogP contribution >= 0.6 is 0 Å². The minimum Gasteiger partial charge on any atom is -0.525 e. The van der Waals surface area contributed by atoms with E-state index in [0.717, 1.165) is 11.1 Å². The average molecular weight is 253 g/mol. The molecule has 1 aromatic carbocycles. The quantitative estimate of drug-likeness (QED) is 0.476. The molecule has 1 aromatic rings. The number of hydrogen-bond donors (Lipinski definition) is 2. The van der Waals surface area contributed by atoms with E-state index >= 15 is 0 Å². The zero-order valence-electron chi connectivity index (χ0n) is 7.59. The first-order valence-electron chi connectivity index (χ1n) is 3.58. The van der Waals surface area contributed by atoms with Crippen LogP contribution in [0.4, 0.5) is 5.69 Å². The van der Waals surface area contributed by atoms with Gasteiger partial charge in [-0.05, 0) is 25.5 Å². The van der Waals surface area contributed by atoms with Gasteiger partial charge in [0.05, 0.1) is 12.2 Å². The molecule has 0 aliphatic carbocycles. The number of benzene rings is 1. The SMILES string of the molecule is Cc1cc(O)c(N[C-]=O)cc1C.[Y+3]. The molecular formula is C9H10NO2Y+2. The van der Waals surface area contributed by atoms with Crippen molar-refractivity contribution in [3.05, 3.63) is 23.3 Å². The van der Waals surface area contributed by atoms with Crippen LogP contribution in [0.25, 0.3) is 0 Å². The van der Waals surface area contributed by atoms with Gasteiger partial charge in [0.1, 0.15) is 0 Å². The van der Waals surface area contributed by atoms with Crippen LogP contribution in [0.5, 0.6) is 5.75 Å². The van der Waals surface area contributed by atoms with Gasteiger partial charge in [0.2, 0.25) is 0 Å². The van der Waals surface area contributed by atoms with Crippen molar-refractivity contribution < 1.29 is 42.6 Å². The van der Waals surface area contributed by atoms with Crippen molar-refractivity contribution in [2.24, 2.45) is 0 Å². The summed E-state index contributed by atoms with van der Waals surface area (Å²) in [6, 6.07) is 3.31. The smallest absolute Gasteiger partial charge is 0.525 e. The number of phenolic OH excluding ortho intramolecular Hbond substituents is 1. The summed E-state index contributed by atoms with van der Waals surface area (Å²) in [6.07, 6.45) is 1.51. The zero-order valence-corrected chi connectivity index (χ0v) is 10.4. The molecule has 0 aliphatic heterocycles. The molecule has 3 nitrogen and oxygen atoms in total. The number of nitrogens with one attached hydrogen (secondary N) is 1. The maximum Gasteiger partial charge on any atom is 3.00 e. The van der Waals surface area contributed by atoms with Crippen LogP contribution in [0.15, 0.2) is 12.1 Å². The molecule has 0 bridgehead atoms. The Bertz CT molecular complexity index is 313. The number of phenols is 1. The van der Waals surface area contributed by atoms with Gasteiger partial charge in [0.15, 0.2) is 0 Å². The summed E-state index contributed by atoms with van der Waals surface area (Å²) < 4.78 is 0. The van der Waals surface area contributed by atoms with Crippen LogP contribution in [0.3, 0.4) is 0 Å². The molecule has 0 atom stereocenters. The number of rotatable bonds is 2. The summed E-state index contributed by atoms with van der Waals surface area (Å²) in [7, 11) is 0. The first-order valence-corrected chi connectivity index (χ1v) is 3.58. The molecule has 0 fully saturated rings. The van der Waals surface area contributed by atoms with E-state index in [1.807, 2.05) is 13.8 Å². The Labute approximate surface area is 102 Å². The van der Waals surface area contributed by atoms with E-state index < -0.39 is 0 Å². The number of anilines is 1. The maximum atomic E-state index is 9.98. The second-order valence-corrected chi connectivity index (χ2v) is 2.68. The van der Waals surface area contributed by atoms with Gasteiger partial charge in [0.25, 0.3) is 0 Å². The first-order chi connectivity index (χ1) is 5.65. The molecule has 0 spiro atoms. The maximum absolute atomic E-state index is 9.98. The molecule has 0 heterocycles. The average Bonchev–Trinajstić information content (AvgIpc) is 2.01. The number of amides is 1. The van der Waals surface area contributed by atoms with Gasteiger partial charge in [-0.15, -0.1) is 6.07 Å². The monoisotopic (exact) mass is 253 g/mol. The third-order valence-corrected chi connectivity index (χ3v) is 1.80. The molecule has 0 aliphatic rings. The Morgan fingerprint density at radius 1 is 1.31 bits per heavy atom. The van der Waals surface area contributed by atoms with Crippen molar-refractivity contribution in [2.75, 3.05) is 5.32 Å². The largest absolute Gasteiger partial charge is 3.00 e. The van der Waals surface area contributed by atoms with E-state index in [9.17, 15) is 9.90 Å². The van der Waals surface area contributed by atoms with Crippen LogP contribution in [0, 0.1) is 13.8 Å². The molecule has 1 rings (SSSR count). The second-order valence-electron chi connectivity index (χ2n) is 2.68. The van der Waals surface area contributed by atoms with Gasteiger partial charge in [-0.2, -0.15) is 0 Å². The number of carbonyl (C=O) groups excluding carboxylic acids is 1. The number of hydrogen-bond acceptors (Lipinski definition) is 2. The Morgan fingerprint density at radius 2 is 1.85 bits per heavy atom. The van der Waals surface area contributed by atoms with Crippen LogP contribution in [-0.2, 0) is 37.5 Å². The zero-order chi connectivity index (χ0) is 9.14. The van der Waals surface area contributed by atoms with Gasteiger partial charge in [-0.1, -0.05) is 11.3 Å². The standard InChI is InChI=1S/C9H10NO2.Y/c1-6-3-8(10-5-11)9(12)4-7(6)2;/h3-4,12H,1-2H3,(H,10,11);/q-1;+3. The molecule has 0 aromatic heterocycles. The van der Waals surface area contributed by atoms with Crippen LogP contribution < -0.4 is 5.32 Å². The minimum atomic E-state index is 0. The van der Waals surface area contributed by atoms with Crippen molar-refractivity contribution >= 4 is 12.1 Å². The van der Waals surface area contributed by atoms with E-state index in [1.165, 1.54) is 6.41 Å². The van der Waals surface area contributed by atoms with Crippen molar-refractivity contribution in [2.45, 2.75) is 13.8 Å². The molecule has 0 saturated heterocycles. The van der Waals surface area contributed by atoms with Crippen LogP contribution in [0.1, 0.15) is 11.1 Å². The molecule has 1 amide bonds. The van der Waals surface area contributed by atoms with Crippen LogP contribution in [-0.4, -0.2) is 11.5 Å². The minimum absolute atomic E-state index is 0. The summed E-state index contributed by atoms with van der Waals surface area (Å²) in [5.74, 6) is 0.0708. The molecule has 0 saturated carbocycles. The Hall–Kier alpha value is -0.406. The van der Waals surface area contributed by atoms with Crippen molar-refractivity contribution in [3.63, 3.8) is 0 Å². The summed E-state index contributed by atoms with van der Waals surface area (Å²) in [5.41, 5.74) is 2.41. The summed E-state index contributed by atoms with van der Waals surface area (Å²) in [6.45, 7) is 3.80. The topological polar surface area (TPSA) is 49.3 Å². The molecule has 0 unspecified atom stereocenters. The van der Waals surface area contributed by atoms with Crippen molar-refractivity contribution in [3.8, 4) is 5.75 Å². The van der Waals surface area contributed by atoms with E-state index in [4.69, 9.17) is 0 Å². The summed E-state index contributed by atoms with van der Waals surface area (Å²) in [4.78, 5) is 9.98. The first kappa shape index (κ1) is 12.6. The van der Waals surface area contributed by atoms with E-state index in [0.29, 0.717) is 5.69 Å². The molecule has 64 valence electrons. The van der Waals surface area contributed by atoms with Gasteiger partial charge >= 0.3 is 32.7 Å². The third kappa shape index (κ3) is 3.09. The van der Waals surface area contributed by atoms with E-state index in [2.05, 4.69) is 5.32 Å². The Kier molecular flexibility index (Phi) is 5.18. The molecule has 0 radical (unpaired) electrons.